The van der Waals surface area contributed by atoms with E-state index in [2.05, 4.69) is 10.0 Å². The highest BCUT2D eigenvalue weighted by molar-refractivity contribution is 7.89. The van der Waals surface area contributed by atoms with E-state index in [0.717, 1.165) is 6.07 Å². The van der Waals surface area contributed by atoms with Gasteiger partial charge in [-0.3, -0.25) is 14.9 Å². The number of rotatable bonds is 7. The molecular formula is C16H15N3O7S. The fourth-order valence-corrected chi connectivity index (χ4v) is 3.42. The van der Waals surface area contributed by atoms with Gasteiger partial charge in [0.2, 0.25) is 16.8 Å². The summed E-state index contributed by atoms with van der Waals surface area (Å²) in [4.78, 5) is 21.9. The highest BCUT2D eigenvalue weighted by Crippen LogP contribution is 2.32. The molecule has 0 unspecified atom stereocenters. The van der Waals surface area contributed by atoms with Crippen LogP contribution in [-0.4, -0.2) is 39.1 Å². The van der Waals surface area contributed by atoms with Crippen molar-refractivity contribution < 1.29 is 27.6 Å². The molecule has 0 fully saturated rings. The Hall–Kier alpha value is -3.18. The minimum Gasteiger partial charge on any atom is -0.454 e. The lowest BCUT2D eigenvalue weighted by atomic mass is 10.2. The van der Waals surface area contributed by atoms with Crippen LogP contribution in [0.25, 0.3) is 0 Å². The summed E-state index contributed by atoms with van der Waals surface area (Å²) in [7, 11) is -3.93. The zero-order valence-electron chi connectivity index (χ0n) is 13.9. The standard InChI is InChI=1S/C16H15N3O7S/c20-16(11-4-5-14-15(8-11)26-10-25-14)17-6-7-18-27(23,24)13-3-1-2-12(9-13)19(21)22/h1-5,8-9,18H,6-7,10H2,(H,17,20). The number of fused-ring (bicyclic) bond motifs is 1. The number of nitrogens with one attached hydrogen (secondary N) is 2. The Bertz CT molecular complexity index is 991. The summed E-state index contributed by atoms with van der Waals surface area (Å²) in [6.07, 6.45) is 0. The van der Waals surface area contributed by atoms with Gasteiger partial charge in [0.05, 0.1) is 9.82 Å². The first-order chi connectivity index (χ1) is 12.9. The Morgan fingerprint density at radius 2 is 1.89 bits per heavy atom. The molecule has 0 atom stereocenters. The number of ether oxygens (including phenoxy) is 2. The van der Waals surface area contributed by atoms with E-state index in [1.807, 2.05) is 0 Å². The van der Waals surface area contributed by atoms with Gasteiger partial charge in [0, 0.05) is 30.8 Å². The van der Waals surface area contributed by atoms with Crippen LogP contribution in [0.5, 0.6) is 11.5 Å². The van der Waals surface area contributed by atoms with Crippen molar-refractivity contribution >= 4 is 21.6 Å². The van der Waals surface area contributed by atoms with Gasteiger partial charge in [-0.2, -0.15) is 0 Å². The Balaban J connectivity index is 1.54. The minimum atomic E-state index is -3.93. The van der Waals surface area contributed by atoms with E-state index in [4.69, 9.17) is 9.47 Å². The van der Waals surface area contributed by atoms with E-state index >= 15 is 0 Å². The second-order valence-corrected chi connectivity index (χ2v) is 7.24. The van der Waals surface area contributed by atoms with Gasteiger partial charge >= 0.3 is 0 Å². The first kappa shape index (κ1) is 18.6. The lowest BCUT2D eigenvalue weighted by Gasteiger charge is -2.08. The molecule has 10 nitrogen and oxygen atoms in total. The summed E-state index contributed by atoms with van der Waals surface area (Å²) >= 11 is 0. The average Bonchev–Trinajstić information content (AvgIpc) is 3.13. The Morgan fingerprint density at radius 3 is 2.67 bits per heavy atom. The molecule has 3 rings (SSSR count). The average molecular weight is 393 g/mol. The highest BCUT2D eigenvalue weighted by atomic mass is 32.2. The van der Waals surface area contributed by atoms with Crippen molar-refractivity contribution in [3.63, 3.8) is 0 Å². The number of nitro benzene ring substituents is 1. The topological polar surface area (TPSA) is 137 Å². The summed E-state index contributed by atoms with van der Waals surface area (Å²) < 4.78 is 37.0. The molecule has 0 aliphatic carbocycles. The molecule has 0 radical (unpaired) electrons. The number of carbonyl (C=O) groups is 1. The number of amides is 1. The van der Waals surface area contributed by atoms with Crippen molar-refractivity contribution in [3.05, 3.63) is 58.1 Å². The summed E-state index contributed by atoms with van der Waals surface area (Å²) in [5.41, 5.74) is 0.0229. The van der Waals surface area contributed by atoms with E-state index in [1.54, 1.807) is 12.1 Å². The van der Waals surface area contributed by atoms with Crippen LogP contribution < -0.4 is 19.5 Å². The largest absolute Gasteiger partial charge is 0.454 e. The fraction of sp³-hybridized carbons (Fsp3) is 0.188. The van der Waals surface area contributed by atoms with Gasteiger partial charge in [-0.25, -0.2) is 13.1 Å². The summed E-state index contributed by atoms with van der Waals surface area (Å²) in [6.45, 7) is 0.0442. The van der Waals surface area contributed by atoms with Crippen LogP contribution in [0.15, 0.2) is 47.4 Å². The second-order valence-electron chi connectivity index (χ2n) is 5.48. The monoisotopic (exact) mass is 393 g/mol. The number of nitrogens with zero attached hydrogens (tertiary/aromatic N) is 1. The third-order valence-electron chi connectivity index (χ3n) is 3.68. The van der Waals surface area contributed by atoms with Crippen molar-refractivity contribution in [1.82, 2.24) is 10.0 Å². The molecular weight excluding hydrogens is 378 g/mol. The fourth-order valence-electron chi connectivity index (χ4n) is 2.35. The minimum absolute atomic E-state index is 0.0292. The molecule has 0 saturated carbocycles. The van der Waals surface area contributed by atoms with Gasteiger partial charge < -0.3 is 14.8 Å². The van der Waals surface area contributed by atoms with Gasteiger partial charge in [0.25, 0.3) is 11.6 Å². The van der Waals surface area contributed by atoms with Crippen LogP contribution in [0.4, 0.5) is 5.69 Å². The summed E-state index contributed by atoms with van der Waals surface area (Å²) in [5, 5.41) is 13.3. The van der Waals surface area contributed by atoms with Crippen LogP contribution in [-0.2, 0) is 10.0 Å². The van der Waals surface area contributed by atoms with Crippen LogP contribution in [0.3, 0.4) is 0 Å². The van der Waals surface area contributed by atoms with Crippen molar-refractivity contribution in [1.29, 1.82) is 0 Å². The molecule has 2 aromatic carbocycles. The lowest BCUT2D eigenvalue weighted by molar-refractivity contribution is -0.385. The van der Waals surface area contributed by atoms with E-state index in [0.29, 0.717) is 17.1 Å². The maximum Gasteiger partial charge on any atom is 0.270 e. The predicted octanol–water partition coefficient (Wildman–Crippen LogP) is 1.03. The lowest BCUT2D eigenvalue weighted by Crippen LogP contribution is -2.34. The Labute approximate surface area is 154 Å². The molecule has 0 saturated heterocycles. The van der Waals surface area contributed by atoms with Crippen molar-refractivity contribution in [2.75, 3.05) is 19.9 Å². The number of carbonyl (C=O) groups excluding carboxylic acids is 1. The first-order valence-corrected chi connectivity index (χ1v) is 9.27. The van der Waals surface area contributed by atoms with Gasteiger partial charge in [0.15, 0.2) is 11.5 Å². The predicted molar refractivity (Wildman–Crippen MR) is 93.2 cm³/mol. The summed E-state index contributed by atoms with van der Waals surface area (Å²) in [5.74, 6) is 0.619. The number of nitro groups is 1. The number of hydrogen-bond donors (Lipinski definition) is 2. The van der Waals surface area contributed by atoms with E-state index in [-0.39, 0.29) is 30.5 Å². The molecule has 1 amide bonds. The van der Waals surface area contributed by atoms with Crippen LogP contribution in [0.2, 0.25) is 0 Å². The van der Waals surface area contributed by atoms with E-state index < -0.39 is 20.9 Å². The van der Waals surface area contributed by atoms with Gasteiger partial charge in [0.1, 0.15) is 0 Å². The molecule has 0 aromatic heterocycles. The normalized spacial score (nSPS) is 12.6. The zero-order chi connectivity index (χ0) is 19.4. The van der Waals surface area contributed by atoms with E-state index in [9.17, 15) is 23.3 Å². The molecule has 1 aliphatic rings. The molecule has 1 heterocycles. The number of benzene rings is 2. The van der Waals surface area contributed by atoms with Gasteiger partial charge in [-0.1, -0.05) is 6.07 Å². The highest BCUT2D eigenvalue weighted by Gasteiger charge is 2.18. The van der Waals surface area contributed by atoms with Crippen LogP contribution >= 0.6 is 0 Å². The van der Waals surface area contributed by atoms with Crippen molar-refractivity contribution in [3.8, 4) is 11.5 Å². The van der Waals surface area contributed by atoms with Crippen LogP contribution in [0, 0.1) is 10.1 Å². The second kappa shape index (κ2) is 7.60. The maximum atomic E-state index is 12.2. The van der Waals surface area contributed by atoms with Gasteiger partial charge in [-0.05, 0) is 24.3 Å². The summed E-state index contributed by atoms with van der Waals surface area (Å²) in [6, 6.07) is 9.41. The zero-order valence-corrected chi connectivity index (χ0v) is 14.7. The van der Waals surface area contributed by atoms with E-state index in [1.165, 1.54) is 24.3 Å². The first-order valence-electron chi connectivity index (χ1n) is 7.79. The quantitative estimate of drug-likeness (QED) is 0.407. The molecule has 2 N–H and O–H groups in total. The number of non-ortho nitro benzene ring substituents is 1. The molecule has 0 bridgehead atoms. The van der Waals surface area contributed by atoms with Crippen LogP contribution in [0.1, 0.15) is 10.4 Å². The van der Waals surface area contributed by atoms with Crippen molar-refractivity contribution in [2.24, 2.45) is 0 Å². The molecule has 0 spiro atoms. The number of hydrogen-bond acceptors (Lipinski definition) is 7. The third kappa shape index (κ3) is 4.33. The Morgan fingerprint density at radius 1 is 1.11 bits per heavy atom. The molecule has 142 valence electrons. The molecule has 27 heavy (non-hydrogen) atoms. The Kier molecular flexibility index (Phi) is 5.23. The van der Waals surface area contributed by atoms with Crippen molar-refractivity contribution in [2.45, 2.75) is 4.90 Å². The van der Waals surface area contributed by atoms with Gasteiger partial charge in [-0.15, -0.1) is 0 Å². The SMILES string of the molecule is O=C(NCCNS(=O)(=O)c1cccc([N+](=O)[O-])c1)c1ccc2c(c1)OCO2. The third-order valence-corrected chi connectivity index (χ3v) is 5.13. The maximum absolute atomic E-state index is 12.2. The molecule has 11 heteroatoms. The smallest absolute Gasteiger partial charge is 0.270 e. The molecule has 2 aromatic rings. The number of sulfonamides is 1. The molecule has 1 aliphatic heterocycles.